The Hall–Kier alpha value is -3.13. The van der Waals surface area contributed by atoms with Crippen molar-refractivity contribution in [1.82, 2.24) is 20.6 Å². The van der Waals surface area contributed by atoms with Gasteiger partial charge in [0.2, 0.25) is 5.91 Å². The topological polar surface area (TPSA) is 85.2 Å². The fourth-order valence-electron chi connectivity index (χ4n) is 2.43. The molecular formula is C20H19BrN4O3. The number of nitrogens with zero attached hydrogens (tertiary/aromatic N) is 2. The molecule has 0 radical (unpaired) electrons. The van der Waals surface area contributed by atoms with Gasteiger partial charge in [-0.25, -0.2) is 4.68 Å². The third kappa shape index (κ3) is 5.43. The Morgan fingerprint density at radius 1 is 1.14 bits per heavy atom. The maximum atomic E-state index is 12.1. The summed E-state index contributed by atoms with van der Waals surface area (Å²) < 4.78 is 8.09. The van der Waals surface area contributed by atoms with Crippen molar-refractivity contribution >= 4 is 27.7 Å². The molecule has 0 saturated heterocycles. The number of aromatic nitrogens is 2. The monoisotopic (exact) mass is 442 g/mol. The third-order valence-corrected chi connectivity index (χ3v) is 4.32. The van der Waals surface area contributed by atoms with Crippen LogP contribution in [0.2, 0.25) is 0 Å². The fourth-order valence-corrected chi connectivity index (χ4v) is 2.81. The molecule has 2 amide bonds. The maximum Gasteiger partial charge on any atom is 0.279 e. The molecule has 3 rings (SSSR count). The van der Waals surface area contributed by atoms with E-state index in [1.165, 1.54) is 0 Å². The highest BCUT2D eigenvalue weighted by atomic mass is 79.9. The normalized spacial score (nSPS) is 11.5. The lowest BCUT2D eigenvalue weighted by atomic mass is 10.2. The number of hydrogen-bond acceptors (Lipinski definition) is 4. The number of hydrogen-bond donors (Lipinski definition) is 2. The zero-order valence-electron chi connectivity index (χ0n) is 15.1. The predicted molar refractivity (Wildman–Crippen MR) is 108 cm³/mol. The van der Waals surface area contributed by atoms with Crippen LogP contribution < -0.4 is 15.6 Å². The summed E-state index contributed by atoms with van der Waals surface area (Å²) in [6, 6.07) is 16.8. The van der Waals surface area contributed by atoms with Gasteiger partial charge in [-0.15, -0.1) is 0 Å². The molecule has 144 valence electrons. The van der Waals surface area contributed by atoms with Gasteiger partial charge in [0.25, 0.3) is 5.91 Å². The van der Waals surface area contributed by atoms with Gasteiger partial charge in [0.15, 0.2) is 6.10 Å². The Morgan fingerprint density at radius 3 is 2.68 bits per heavy atom. The number of nitrogens with one attached hydrogen (secondary N) is 2. The van der Waals surface area contributed by atoms with E-state index in [4.69, 9.17) is 4.74 Å². The van der Waals surface area contributed by atoms with Gasteiger partial charge in [-0.05, 0) is 42.8 Å². The van der Waals surface area contributed by atoms with Crippen molar-refractivity contribution in [3.05, 3.63) is 77.0 Å². The van der Waals surface area contributed by atoms with E-state index in [1.54, 1.807) is 42.2 Å². The molecule has 0 fully saturated rings. The van der Waals surface area contributed by atoms with Crippen molar-refractivity contribution in [2.24, 2.45) is 0 Å². The van der Waals surface area contributed by atoms with Crippen LogP contribution in [-0.2, 0) is 16.0 Å². The minimum Gasteiger partial charge on any atom is -0.481 e. The number of hydrazine groups is 1. The number of carbonyl (C=O) groups is 2. The van der Waals surface area contributed by atoms with E-state index in [0.717, 1.165) is 15.7 Å². The molecule has 0 aliphatic heterocycles. The van der Waals surface area contributed by atoms with E-state index in [1.807, 2.05) is 36.4 Å². The highest BCUT2D eigenvalue weighted by molar-refractivity contribution is 9.10. The van der Waals surface area contributed by atoms with E-state index in [9.17, 15) is 9.59 Å². The molecule has 3 aromatic rings. The van der Waals surface area contributed by atoms with E-state index in [0.29, 0.717) is 5.75 Å². The summed E-state index contributed by atoms with van der Waals surface area (Å²) in [7, 11) is 0. The van der Waals surface area contributed by atoms with Crippen LogP contribution in [0, 0.1) is 0 Å². The van der Waals surface area contributed by atoms with Crippen molar-refractivity contribution in [2.45, 2.75) is 19.4 Å². The van der Waals surface area contributed by atoms with E-state index < -0.39 is 12.0 Å². The first-order valence-electron chi connectivity index (χ1n) is 8.61. The molecule has 8 heteroatoms. The fraction of sp³-hybridized carbons (Fsp3) is 0.150. The SMILES string of the molecule is CC(Oc1cccc(Br)c1)C(=O)NNC(=O)Cc1cnn(-c2ccccc2)c1. The lowest BCUT2D eigenvalue weighted by Gasteiger charge is -2.15. The van der Waals surface area contributed by atoms with Crippen LogP contribution in [0.1, 0.15) is 12.5 Å². The van der Waals surface area contributed by atoms with Crippen molar-refractivity contribution in [3.63, 3.8) is 0 Å². The summed E-state index contributed by atoms with van der Waals surface area (Å²) in [5.74, 6) is -0.249. The molecule has 0 saturated carbocycles. The van der Waals surface area contributed by atoms with Crippen LogP contribution in [-0.4, -0.2) is 27.7 Å². The van der Waals surface area contributed by atoms with Crippen molar-refractivity contribution < 1.29 is 14.3 Å². The third-order valence-electron chi connectivity index (χ3n) is 3.82. The Balaban J connectivity index is 1.47. The van der Waals surface area contributed by atoms with Crippen LogP contribution in [0.15, 0.2) is 71.5 Å². The quantitative estimate of drug-likeness (QED) is 0.574. The summed E-state index contributed by atoms with van der Waals surface area (Å²) >= 11 is 3.34. The highest BCUT2D eigenvalue weighted by Gasteiger charge is 2.16. The average Bonchev–Trinajstić information content (AvgIpc) is 3.15. The van der Waals surface area contributed by atoms with Crippen molar-refractivity contribution in [2.75, 3.05) is 0 Å². The Labute approximate surface area is 170 Å². The molecule has 0 bridgehead atoms. The Kier molecular flexibility index (Phi) is 6.44. The Bertz CT molecular complexity index is 959. The van der Waals surface area contributed by atoms with Gasteiger partial charge >= 0.3 is 0 Å². The minimum absolute atomic E-state index is 0.0913. The molecule has 2 aromatic carbocycles. The van der Waals surface area contributed by atoms with Crippen LogP contribution in [0.25, 0.3) is 5.69 Å². The zero-order valence-corrected chi connectivity index (χ0v) is 16.7. The molecule has 2 N–H and O–H groups in total. The first-order valence-corrected chi connectivity index (χ1v) is 9.40. The van der Waals surface area contributed by atoms with Gasteiger partial charge in [-0.1, -0.05) is 40.2 Å². The van der Waals surface area contributed by atoms with Crippen LogP contribution in [0.5, 0.6) is 5.75 Å². The summed E-state index contributed by atoms with van der Waals surface area (Å²) in [6.45, 7) is 1.60. The Morgan fingerprint density at radius 2 is 1.93 bits per heavy atom. The second-order valence-corrected chi connectivity index (χ2v) is 6.98. The van der Waals surface area contributed by atoms with Gasteiger partial charge in [-0.3, -0.25) is 20.4 Å². The van der Waals surface area contributed by atoms with Crippen LogP contribution in [0.3, 0.4) is 0 Å². The second-order valence-electron chi connectivity index (χ2n) is 6.06. The summed E-state index contributed by atoms with van der Waals surface area (Å²) in [5.41, 5.74) is 6.40. The molecule has 7 nitrogen and oxygen atoms in total. The first-order chi connectivity index (χ1) is 13.5. The molecule has 28 heavy (non-hydrogen) atoms. The minimum atomic E-state index is -0.768. The lowest BCUT2D eigenvalue weighted by Crippen LogP contribution is -2.47. The van der Waals surface area contributed by atoms with Gasteiger partial charge in [-0.2, -0.15) is 5.10 Å². The van der Waals surface area contributed by atoms with Gasteiger partial charge in [0.05, 0.1) is 18.3 Å². The predicted octanol–water partition coefficient (Wildman–Crippen LogP) is 2.79. The van der Waals surface area contributed by atoms with E-state index in [2.05, 4.69) is 31.9 Å². The molecule has 0 aliphatic carbocycles. The number of rotatable bonds is 6. The maximum absolute atomic E-state index is 12.1. The van der Waals surface area contributed by atoms with Gasteiger partial charge in [0, 0.05) is 10.7 Å². The summed E-state index contributed by atoms with van der Waals surface area (Å²) in [5, 5.41) is 4.24. The first kappa shape index (κ1) is 19.6. The number of carbonyl (C=O) groups excluding carboxylic acids is 2. The van der Waals surface area contributed by atoms with Crippen molar-refractivity contribution in [1.29, 1.82) is 0 Å². The molecule has 1 unspecified atom stereocenters. The van der Waals surface area contributed by atoms with Gasteiger partial charge in [0.1, 0.15) is 5.75 Å². The molecule has 1 aromatic heterocycles. The van der Waals surface area contributed by atoms with Gasteiger partial charge < -0.3 is 4.74 Å². The standard InChI is InChI=1S/C20H19BrN4O3/c1-14(28-18-9-5-6-16(21)11-18)20(27)24-23-19(26)10-15-12-22-25(13-15)17-7-3-2-4-8-17/h2-9,11-14H,10H2,1H3,(H,23,26)(H,24,27). The number of amides is 2. The molecule has 0 aliphatic rings. The number of halogens is 1. The molecule has 1 heterocycles. The number of benzene rings is 2. The summed E-state index contributed by atoms with van der Waals surface area (Å²) in [6.07, 6.45) is 2.72. The zero-order chi connectivity index (χ0) is 19.9. The van der Waals surface area contributed by atoms with E-state index in [-0.39, 0.29) is 12.3 Å². The second kappa shape index (κ2) is 9.18. The lowest BCUT2D eigenvalue weighted by molar-refractivity contribution is -0.132. The van der Waals surface area contributed by atoms with Crippen LogP contribution in [0.4, 0.5) is 0 Å². The van der Waals surface area contributed by atoms with Crippen molar-refractivity contribution in [3.8, 4) is 11.4 Å². The van der Waals surface area contributed by atoms with E-state index >= 15 is 0 Å². The summed E-state index contributed by atoms with van der Waals surface area (Å²) in [4.78, 5) is 24.2. The number of ether oxygens (including phenoxy) is 1. The highest BCUT2D eigenvalue weighted by Crippen LogP contribution is 2.18. The average molecular weight is 443 g/mol. The molecule has 0 spiro atoms. The van der Waals surface area contributed by atoms with Crippen LogP contribution >= 0.6 is 15.9 Å². The molecule has 1 atom stereocenters. The molecular weight excluding hydrogens is 424 g/mol. The largest absolute Gasteiger partial charge is 0.481 e. The smallest absolute Gasteiger partial charge is 0.279 e. The number of para-hydroxylation sites is 1.